The zero-order chi connectivity index (χ0) is 9.19. The van der Waals surface area contributed by atoms with E-state index in [4.69, 9.17) is 5.73 Å². The Labute approximate surface area is 75.2 Å². The zero-order valence-electron chi connectivity index (χ0n) is 8.21. The molecule has 2 nitrogen and oxygen atoms in total. The number of hydrogen-bond acceptors (Lipinski definition) is 2. The molecule has 0 amide bonds. The molecular formula is C10H21NO. The van der Waals surface area contributed by atoms with E-state index in [0.29, 0.717) is 11.8 Å². The van der Waals surface area contributed by atoms with E-state index in [1.54, 1.807) is 0 Å². The Morgan fingerprint density at radius 3 is 2.00 bits per heavy atom. The summed E-state index contributed by atoms with van der Waals surface area (Å²) in [6.45, 7) is 4.46. The molecule has 0 radical (unpaired) electrons. The van der Waals surface area contributed by atoms with E-state index in [0.717, 1.165) is 0 Å². The van der Waals surface area contributed by atoms with Crippen LogP contribution in [0.4, 0.5) is 0 Å². The SMILES string of the molecule is CC1CCCCC(C)C1(N)CO. The summed E-state index contributed by atoms with van der Waals surface area (Å²) in [5.74, 6) is 0.917. The van der Waals surface area contributed by atoms with Crippen LogP contribution < -0.4 is 5.73 Å². The van der Waals surface area contributed by atoms with Crippen molar-refractivity contribution in [2.75, 3.05) is 6.61 Å². The van der Waals surface area contributed by atoms with E-state index in [1.165, 1.54) is 25.7 Å². The zero-order valence-corrected chi connectivity index (χ0v) is 8.21. The van der Waals surface area contributed by atoms with Gasteiger partial charge in [0.25, 0.3) is 0 Å². The molecule has 1 fully saturated rings. The summed E-state index contributed by atoms with van der Waals surface area (Å²) in [6.07, 6.45) is 4.87. The Morgan fingerprint density at radius 1 is 1.25 bits per heavy atom. The van der Waals surface area contributed by atoms with Crippen molar-refractivity contribution in [3.63, 3.8) is 0 Å². The lowest BCUT2D eigenvalue weighted by Gasteiger charge is -2.37. The molecule has 0 bridgehead atoms. The largest absolute Gasteiger partial charge is 0.394 e. The highest BCUT2D eigenvalue weighted by molar-refractivity contribution is 4.94. The molecule has 12 heavy (non-hydrogen) atoms. The maximum atomic E-state index is 9.29. The summed E-state index contributed by atoms with van der Waals surface area (Å²) in [6, 6.07) is 0. The Morgan fingerprint density at radius 2 is 1.67 bits per heavy atom. The standard InChI is InChI=1S/C10H21NO/c1-8-5-3-4-6-9(2)10(8,11)7-12/h8-9,12H,3-7,11H2,1-2H3. The van der Waals surface area contributed by atoms with E-state index in [2.05, 4.69) is 13.8 Å². The second-order valence-corrected chi connectivity index (χ2v) is 4.36. The number of nitrogens with two attached hydrogens (primary N) is 1. The molecular weight excluding hydrogens is 150 g/mol. The molecule has 0 aromatic heterocycles. The summed E-state index contributed by atoms with van der Waals surface area (Å²) in [7, 11) is 0. The molecule has 2 atom stereocenters. The summed E-state index contributed by atoms with van der Waals surface area (Å²) < 4.78 is 0. The Hall–Kier alpha value is -0.0800. The van der Waals surface area contributed by atoms with Gasteiger partial charge < -0.3 is 10.8 Å². The van der Waals surface area contributed by atoms with E-state index >= 15 is 0 Å². The first-order chi connectivity index (χ1) is 5.61. The van der Waals surface area contributed by atoms with Gasteiger partial charge in [-0.1, -0.05) is 26.7 Å². The minimum Gasteiger partial charge on any atom is -0.394 e. The van der Waals surface area contributed by atoms with Gasteiger partial charge in [0, 0.05) is 5.54 Å². The molecule has 0 aliphatic heterocycles. The van der Waals surface area contributed by atoms with E-state index in [9.17, 15) is 5.11 Å². The maximum absolute atomic E-state index is 9.29. The van der Waals surface area contributed by atoms with Crippen LogP contribution in [-0.4, -0.2) is 17.3 Å². The van der Waals surface area contributed by atoms with Gasteiger partial charge in [-0.2, -0.15) is 0 Å². The molecule has 2 heteroatoms. The van der Waals surface area contributed by atoms with E-state index < -0.39 is 0 Å². The molecule has 0 heterocycles. The minimum absolute atomic E-state index is 0.134. The Balaban J connectivity index is 2.74. The van der Waals surface area contributed by atoms with Crippen LogP contribution in [0.5, 0.6) is 0 Å². The van der Waals surface area contributed by atoms with Crippen molar-refractivity contribution in [3.05, 3.63) is 0 Å². The minimum atomic E-state index is -0.323. The van der Waals surface area contributed by atoms with Crippen molar-refractivity contribution in [1.29, 1.82) is 0 Å². The van der Waals surface area contributed by atoms with Crippen LogP contribution in [0.1, 0.15) is 39.5 Å². The van der Waals surface area contributed by atoms with Gasteiger partial charge in [0.2, 0.25) is 0 Å². The lowest BCUT2D eigenvalue weighted by Crippen LogP contribution is -2.54. The topological polar surface area (TPSA) is 46.2 Å². The quantitative estimate of drug-likeness (QED) is 0.588. The van der Waals surface area contributed by atoms with Gasteiger partial charge in [0.05, 0.1) is 6.61 Å². The average molecular weight is 171 g/mol. The molecule has 3 N–H and O–H groups in total. The van der Waals surface area contributed by atoms with Crippen LogP contribution in [-0.2, 0) is 0 Å². The van der Waals surface area contributed by atoms with Crippen molar-refractivity contribution >= 4 is 0 Å². The second-order valence-electron chi connectivity index (χ2n) is 4.36. The van der Waals surface area contributed by atoms with Gasteiger partial charge in [0.15, 0.2) is 0 Å². The van der Waals surface area contributed by atoms with Crippen molar-refractivity contribution in [1.82, 2.24) is 0 Å². The normalized spacial score (nSPS) is 44.0. The fourth-order valence-electron chi connectivity index (χ4n) is 2.24. The predicted molar refractivity (Wildman–Crippen MR) is 50.8 cm³/mol. The van der Waals surface area contributed by atoms with Crippen LogP contribution in [0.15, 0.2) is 0 Å². The van der Waals surface area contributed by atoms with E-state index in [-0.39, 0.29) is 12.1 Å². The van der Waals surface area contributed by atoms with Gasteiger partial charge in [-0.3, -0.25) is 0 Å². The van der Waals surface area contributed by atoms with Crippen LogP contribution >= 0.6 is 0 Å². The van der Waals surface area contributed by atoms with E-state index in [1.807, 2.05) is 0 Å². The third kappa shape index (κ3) is 1.64. The van der Waals surface area contributed by atoms with Gasteiger partial charge >= 0.3 is 0 Å². The number of rotatable bonds is 1. The first kappa shape index (κ1) is 10.0. The molecule has 0 spiro atoms. The fraction of sp³-hybridized carbons (Fsp3) is 1.00. The predicted octanol–water partition coefficient (Wildman–Crippen LogP) is 1.52. The monoisotopic (exact) mass is 171 g/mol. The van der Waals surface area contributed by atoms with Gasteiger partial charge in [-0.15, -0.1) is 0 Å². The highest BCUT2D eigenvalue weighted by Gasteiger charge is 2.37. The molecule has 1 rings (SSSR count). The summed E-state index contributed by atoms with van der Waals surface area (Å²) in [5, 5.41) is 9.29. The Kier molecular flexibility index (Phi) is 3.13. The summed E-state index contributed by atoms with van der Waals surface area (Å²) in [5.41, 5.74) is 5.87. The maximum Gasteiger partial charge on any atom is 0.0616 e. The first-order valence-corrected chi connectivity index (χ1v) is 5.01. The highest BCUT2D eigenvalue weighted by atomic mass is 16.3. The van der Waals surface area contributed by atoms with Crippen LogP contribution in [0.2, 0.25) is 0 Å². The molecule has 1 aliphatic carbocycles. The molecule has 1 saturated carbocycles. The summed E-state index contributed by atoms with van der Waals surface area (Å²) in [4.78, 5) is 0. The number of aliphatic hydroxyl groups excluding tert-OH is 1. The van der Waals surface area contributed by atoms with Gasteiger partial charge in [-0.25, -0.2) is 0 Å². The van der Waals surface area contributed by atoms with Crippen molar-refractivity contribution in [2.45, 2.75) is 45.1 Å². The molecule has 2 unspecified atom stereocenters. The lowest BCUT2D eigenvalue weighted by atomic mass is 9.76. The molecule has 1 aliphatic rings. The van der Waals surface area contributed by atoms with Crippen molar-refractivity contribution < 1.29 is 5.11 Å². The smallest absolute Gasteiger partial charge is 0.0616 e. The van der Waals surface area contributed by atoms with Crippen LogP contribution in [0.3, 0.4) is 0 Å². The fourth-order valence-corrected chi connectivity index (χ4v) is 2.24. The highest BCUT2D eigenvalue weighted by Crippen LogP contribution is 2.34. The number of aliphatic hydroxyl groups is 1. The molecule has 0 aromatic carbocycles. The number of hydrogen-bond donors (Lipinski definition) is 2. The lowest BCUT2D eigenvalue weighted by molar-refractivity contribution is 0.100. The molecule has 0 saturated heterocycles. The van der Waals surface area contributed by atoms with Crippen molar-refractivity contribution in [3.8, 4) is 0 Å². The average Bonchev–Trinajstić information content (AvgIpc) is 2.19. The van der Waals surface area contributed by atoms with Crippen molar-refractivity contribution in [2.24, 2.45) is 17.6 Å². The van der Waals surface area contributed by atoms with Crippen LogP contribution in [0.25, 0.3) is 0 Å². The molecule has 72 valence electrons. The second kappa shape index (κ2) is 3.75. The third-order valence-corrected chi connectivity index (χ3v) is 3.63. The summed E-state index contributed by atoms with van der Waals surface area (Å²) >= 11 is 0. The van der Waals surface area contributed by atoms with Crippen LogP contribution in [0, 0.1) is 11.8 Å². The third-order valence-electron chi connectivity index (χ3n) is 3.63. The first-order valence-electron chi connectivity index (χ1n) is 5.01. The van der Waals surface area contributed by atoms with Gasteiger partial charge in [-0.05, 0) is 24.7 Å². The Bertz CT molecular complexity index is 135. The van der Waals surface area contributed by atoms with Gasteiger partial charge in [0.1, 0.15) is 0 Å². The molecule has 0 aromatic rings.